The van der Waals surface area contributed by atoms with Crippen molar-refractivity contribution in [2.24, 2.45) is 7.05 Å². The predicted molar refractivity (Wildman–Crippen MR) is 133 cm³/mol. The lowest BCUT2D eigenvalue weighted by Crippen LogP contribution is -2.54. The monoisotopic (exact) mass is 481 g/mol. The fourth-order valence-electron chi connectivity index (χ4n) is 4.22. The van der Waals surface area contributed by atoms with Gasteiger partial charge in [0, 0.05) is 43.8 Å². The highest BCUT2D eigenvalue weighted by Crippen LogP contribution is 2.17. The topological polar surface area (TPSA) is 79.6 Å². The third kappa shape index (κ3) is 4.64. The SMILES string of the molecule is Cc1c(NC(=O)C(C)N2CCN(C(=O)c3cccc(Cl)c3)CC2)c(=O)n(-c2ccccc2)n1C. The van der Waals surface area contributed by atoms with Gasteiger partial charge in [-0.3, -0.25) is 24.0 Å². The molecule has 8 nitrogen and oxygen atoms in total. The van der Waals surface area contributed by atoms with E-state index < -0.39 is 6.04 Å². The Labute approximate surface area is 203 Å². The van der Waals surface area contributed by atoms with E-state index in [4.69, 9.17) is 11.6 Å². The summed E-state index contributed by atoms with van der Waals surface area (Å²) in [6.07, 6.45) is 0. The Hall–Kier alpha value is -3.36. The summed E-state index contributed by atoms with van der Waals surface area (Å²) in [4.78, 5) is 42.7. The molecule has 1 fully saturated rings. The molecular weight excluding hydrogens is 454 g/mol. The Bertz CT molecular complexity index is 1260. The van der Waals surface area contributed by atoms with E-state index in [2.05, 4.69) is 5.32 Å². The van der Waals surface area contributed by atoms with Crippen molar-refractivity contribution in [1.29, 1.82) is 0 Å². The molecule has 3 aromatic rings. The molecule has 0 bridgehead atoms. The zero-order valence-corrected chi connectivity index (χ0v) is 20.2. The van der Waals surface area contributed by atoms with Crippen LogP contribution >= 0.6 is 11.6 Å². The molecular formula is C25H28ClN5O3. The van der Waals surface area contributed by atoms with Gasteiger partial charge in [0.1, 0.15) is 5.69 Å². The largest absolute Gasteiger partial charge is 0.336 e. The van der Waals surface area contributed by atoms with Gasteiger partial charge in [-0.25, -0.2) is 4.68 Å². The molecule has 1 atom stereocenters. The molecule has 0 spiro atoms. The van der Waals surface area contributed by atoms with Crippen molar-refractivity contribution in [1.82, 2.24) is 19.2 Å². The van der Waals surface area contributed by atoms with Gasteiger partial charge in [-0.15, -0.1) is 0 Å². The number of hydrogen-bond donors (Lipinski definition) is 1. The van der Waals surface area contributed by atoms with Gasteiger partial charge in [0.05, 0.1) is 17.4 Å². The summed E-state index contributed by atoms with van der Waals surface area (Å²) in [6.45, 7) is 5.76. The van der Waals surface area contributed by atoms with Gasteiger partial charge in [-0.1, -0.05) is 35.9 Å². The lowest BCUT2D eigenvalue weighted by molar-refractivity contribution is -0.121. The van der Waals surface area contributed by atoms with Crippen molar-refractivity contribution in [3.63, 3.8) is 0 Å². The number of hydrogen-bond acceptors (Lipinski definition) is 4. The average molecular weight is 482 g/mol. The molecule has 1 N–H and O–H groups in total. The summed E-state index contributed by atoms with van der Waals surface area (Å²) in [6, 6.07) is 15.8. The van der Waals surface area contributed by atoms with E-state index in [0.717, 1.165) is 5.69 Å². The maximum atomic E-state index is 13.1. The van der Waals surface area contributed by atoms with E-state index in [0.29, 0.717) is 42.5 Å². The summed E-state index contributed by atoms with van der Waals surface area (Å²) < 4.78 is 3.27. The second-order valence-corrected chi connectivity index (χ2v) is 8.88. The van der Waals surface area contributed by atoms with Crippen molar-refractivity contribution in [3.05, 3.63) is 81.2 Å². The molecule has 178 valence electrons. The minimum Gasteiger partial charge on any atom is -0.336 e. The molecule has 1 aliphatic heterocycles. The molecule has 2 aromatic carbocycles. The first-order chi connectivity index (χ1) is 16.3. The summed E-state index contributed by atoms with van der Waals surface area (Å²) in [5, 5.41) is 3.37. The number of carbonyl (C=O) groups is 2. The highest BCUT2D eigenvalue weighted by Gasteiger charge is 2.29. The Kier molecular flexibility index (Phi) is 6.90. The van der Waals surface area contributed by atoms with Crippen molar-refractivity contribution in [3.8, 4) is 5.69 Å². The van der Waals surface area contributed by atoms with Crippen LogP contribution in [0.4, 0.5) is 5.69 Å². The minimum atomic E-state index is -0.451. The van der Waals surface area contributed by atoms with Gasteiger partial charge in [-0.2, -0.15) is 0 Å². The van der Waals surface area contributed by atoms with Crippen molar-refractivity contribution < 1.29 is 9.59 Å². The Morgan fingerprint density at radius 1 is 1.00 bits per heavy atom. The number of benzene rings is 2. The third-order valence-corrected chi connectivity index (χ3v) is 6.64. The molecule has 2 heterocycles. The predicted octanol–water partition coefficient (Wildman–Crippen LogP) is 2.92. The molecule has 1 aliphatic rings. The van der Waals surface area contributed by atoms with Crippen LogP contribution in [0.15, 0.2) is 59.4 Å². The van der Waals surface area contributed by atoms with Crippen LogP contribution in [0.25, 0.3) is 5.69 Å². The highest BCUT2D eigenvalue weighted by molar-refractivity contribution is 6.30. The molecule has 9 heteroatoms. The molecule has 0 saturated carbocycles. The quantitative estimate of drug-likeness (QED) is 0.607. The van der Waals surface area contributed by atoms with E-state index >= 15 is 0 Å². The average Bonchev–Trinajstić information content (AvgIpc) is 3.06. The fourth-order valence-corrected chi connectivity index (χ4v) is 4.41. The molecule has 2 amide bonds. The van der Waals surface area contributed by atoms with Crippen molar-refractivity contribution >= 4 is 29.1 Å². The molecule has 34 heavy (non-hydrogen) atoms. The van der Waals surface area contributed by atoms with Gasteiger partial charge in [0.15, 0.2) is 0 Å². The number of nitrogens with zero attached hydrogens (tertiary/aromatic N) is 4. The van der Waals surface area contributed by atoms with Gasteiger partial charge >= 0.3 is 0 Å². The summed E-state index contributed by atoms with van der Waals surface area (Å²) in [5.74, 6) is -0.318. The van der Waals surface area contributed by atoms with Gasteiger partial charge in [0.25, 0.3) is 11.5 Å². The zero-order chi connectivity index (χ0) is 24.4. The number of anilines is 1. The number of carbonyl (C=O) groups excluding carboxylic acids is 2. The lowest BCUT2D eigenvalue weighted by Gasteiger charge is -2.37. The Morgan fingerprint density at radius 3 is 2.32 bits per heavy atom. The maximum absolute atomic E-state index is 13.1. The van der Waals surface area contributed by atoms with E-state index in [1.54, 1.807) is 47.8 Å². The summed E-state index contributed by atoms with van der Waals surface area (Å²) >= 11 is 6.01. The molecule has 0 radical (unpaired) electrons. The first-order valence-electron chi connectivity index (χ1n) is 11.2. The summed E-state index contributed by atoms with van der Waals surface area (Å²) in [7, 11) is 1.79. The van der Waals surface area contributed by atoms with Crippen LogP contribution in [-0.2, 0) is 11.8 Å². The minimum absolute atomic E-state index is 0.0689. The second kappa shape index (κ2) is 9.87. The number of para-hydroxylation sites is 1. The van der Waals surface area contributed by atoms with Gasteiger partial charge < -0.3 is 10.2 Å². The maximum Gasteiger partial charge on any atom is 0.295 e. The molecule has 1 aromatic heterocycles. The first kappa shape index (κ1) is 23.8. The number of aromatic nitrogens is 2. The second-order valence-electron chi connectivity index (χ2n) is 8.44. The van der Waals surface area contributed by atoms with Crippen LogP contribution in [0.2, 0.25) is 5.02 Å². The summed E-state index contributed by atoms with van der Waals surface area (Å²) in [5.41, 5.74) is 1.96. The van der Waals surface area contributed by atoms with Crippen LogP contribution in [0, 0.1) is 6.92 Å². The number of piperazine rings is 1. The molecule has 4 rings (SSSR count). The van der Waals surface area contributed by atoms with Crippen LogP contribution in [0.3, 0.4) is 0 Å². The smallest absolute Gasteiger partial charge is 0.295 e. The number of rotatable bonds is 5. The number of nitrogens with one attached hydrogen (secondary N) is 1. The number of halogens is 1. The molecule has 1 unspecified atom stereocenters. The van der Waals surface area contributed by atoms with E-state index in [9.17, 15) is 14.4 Å². The van der Waals surface area contributed by atoms with Crippen LogP contribution < -0.4 is 10.9 Å². The zero-order valence-electron chi connectivity index (χ0n) is 19.5. The van der Waals surface area contributed by atoms with E-state index in [1.807, 2.05) is 42.2 Å². The van der Waals surface area contributed by atoms with Crippen LogP contribution in [0.5, 0.6) is 0 Å². The van der Waals surface area contributed by atoms with Crippen molar-refractivity contribution in [2.45, 2.75) is 19.9 Å². The third-order valence-electron chi connectivity index (χ3n) is 6.40. The first-order valence-corrected chi connectivity index (χ1v) is 11.6. The fraction of sp³-hybridized carbons (Fsp3) is 0.320. The molecule has 0 aliphatic carbocycles. The normalized spacial score (nSPS) is 15.2. The van der Waals surface area contributed by atoms with E-state index in [1.165, 1.54) is 4.68 Å². The van der Waals surface area contributed by atoms with Gasteiger partial charge in [0.2, 0.25) is 5.91 Å². The number of amides is 2. The lowest BCUT2D eigenvalue weighted by atomic mass is 10.1. The van der Waals surface area contributed by atoms with E-state index in [-0.39, 0.29) is 23.1 Å². The van der Waals surface area contributed by atoms with Gasteiger partial charge in [-0.05, 0) is 44.2 Å². The molecule has 1 saturated heterocycles. The van der Waals surface area contributed by atoms with Crippen LogP contribution in [0.1, 0.15) is 23.0 Å². The Balaban J connectivity index is 1.42. The Morgan fingerprint density at radius 2 is 1.68 bits per heavy atom. The van der Waals surface area contributed by atoms with Crippen LogP contribution in [-0.4, -0.2) is 63.2 Å². The highest BCUT2D eigenvalue weighted by atomic mass is 35.5. The van der Waals surface area contributed by atoms with Crippen molar-refractivity contribution in [2.75, 3.05) is 31.5 Å². The standard InChI is InChI=1S/C25H28ClN5O3/c1-17-22(25(34)31(28(17)3)21-10-5-4-6-11-21)27-23(32)18(2)29-12-14-30(15-13-29)24(33)19-8-7-9-20(26)16-19/h4-11,16,18H,12-15H2,1-3H3,(H,27,32).